The Morgan fingerprint density at radius 3 is 2.49 bits per heavy atom. The van der Waals surface area contributed by atoms with E-state index in [1.807, 2.05) is 79.7 Å². The van der Waals surface area contributed by atoms with E-state index in [2.05, 4.69) is 10.6 Å². The molecule has 1 aliphatic carbocycles. The summed E-state index contributed by atoms with van der Waals surface area (Å²) in [5.74, 6) is 0.723. The molecule has 0 atom stereocenters. The monoisotopic (exact) mass is 511 g/mol. The van der Waals surface area contributed by atoms with Crippen molar-refractivity contribution in [1.82, 2.24) is 10.3 Å². The lowest BCUT2D eigenvalue weighted by atomic mass is 10.0. The number of Topliss-reactive ketones (excluding diaryl/α,β-unsaturated/α-hetero) is 1. The summed E-state index contributed by atoms with van der Waals surface area (Å²) in [5, 5.41) is 7.01. The van der Waals surface area contributed by atoms with Crippen LogP contribution in [0.2, 0.25) is 0 Å². The number of amides is 1. The smallest absolute Gasteiger partial charge is 0.251 e. The minimum Gasteiger partial charge on any atom is -0.497 e. The second-order valence-corrected chi connectivity index (χ2v) is 10.2. The van der Waals surface area contributed by atoms with Crippen molar-refractivity contribution in [2.45, 2.75) is 38.6 Å². The van der Waals surface area contributed by atoms with Gasteiger partial charge in [0.1, 0.15) is 10.6 Å². The number of benzene rings is 3. The number of aryl methyl sites for hydroxylation is 2. The van der Waals surface area contributed by atoms with Crippen molar-refractivity contribution in [3.05, 3.63) is 94.4 Å². The van der Waals surface area contributed by atoms with Gasteiger partial charge in [-0.05, 0) is 73.7 Å². The number of methoxy groups -OCH3 is 1. The summed E-state index contributed by atoms with van der Waals surface area (Å²) in [4.78, 5) is 31.4. The predicted octanol–water partition coefficient (Wildman–Crippen LogP) is 6.58. The summed E-state index contributed by atoms with van der Waals surface area (Å²) in [6.45, 7) is 1.98. The third-order valence-corrected chi connectivity index (χ3v) is 7.39. The van der Waals surface area contributed by atoms with Gasteiger partial charge in [-0.25, -0.2) is 4.98 Å². The number of ketones is 1. The second-order valence-electron chi connectivity index (χ2n) is 9.24. The van der Waals surface area contributed by atoms with Gasteiger partial charge in [0.05, 0.1) is 12.8 Å². The van der Waals surface area contributed by atoms with Crippen LogP contribution in [-0.4, -0.2) is 29.8 Å². The molecule has 7 heteroatoms. The molecule has 0 unspecified atom stereocenters. The average molecular weight is 512 g/mol. The third kappa shape index (κ3) is 6.06. The quantitative estimate of drug-likeness (QED) is 0.235. The topological polar surface area (TPSA) is 80.3 Å². The maximum Gasteiger partial charge on any atom is 0.251 e. The largest absolute Gasteiger partial charge is 0.497 e. The number of aromatic nitrogens is 1. The van der Waals surface area contributed by atoms with E-state index in [9.17, 15) is 9.59 Å². The Balaban J connectivity index is 1.43. The molecule has 3 aromatic carbocycles. The zero-order valence-corrected chi connectivity index (χ0v) is 21.7. The third-order valence-electron chi connectivity index (χ3n) is 6.38. The summed E-state index contributed by atoms with van der Waals surface area (Å²) in [6.07, 6.45) is 3.14. The Morgan fingerprint density at radius 2 is 1.78 bits per heavy atom. The number of carbonyl (C=O) groups excluding carboxylic acids is 2. The predicted molar refractivity (Wildman–Crippen MR) is 148 cm³/mol. The fourth-order valence-corrected chi connectivity index (χ4v) is 5.00. The van der Waals surface area contributed by atoms with E-state index < -0.39 is 0 Å². The summed E-state index contributed by atoms with van der Waals surface area (Å²) >= 11 is 1.34. The van der Waals surface area contributed by atoms with Gasteiger partial charge in [0.25, 0.3) is 5.91 Å². The first-order chi connectivity index (χ1) is 18.0. The minimum atomic E-state index is -0.0691. The van der Waals surface area contributed by atoms with Crippen LogP contribution in [0.4, 0.5) is 10.8 Å². The highest BCUT2D eigenvalue weighted by Gasteiger charge is 2.24. The molecule has 0 saturated heterocycles. The van der Waals surface area contributed by atoms with Gasteiger partial charge in [0.15, 0.2) is 10.9 Å². The second kappa shape index (κ2) is 11.0. The average Bonchev–Trinajstić information content (AvgIpc) is 3.64. The van der Waals surface area contributed by atoms with Crippen molar-refractivity contribution in [1.29, 1.82) is 0 Å². The Morgan fingerprint density at radius 1 is 1.03 bits per heavy atom. The molecule has 1 heterocycles. The van der Waals surface area contributed by atoms with Gasteiger partial charge in [0, 0.05) is 29.3 Å². The number of nitrogens with one attached hydrogen (secondary N) is 2. The van der Waals surface area contributed by atoms with Gasteiger partial charge in [0.2, 0.25) is 0 Å². The highest BCUT2D eigenvalue weighted by Crippen LogP contribution is 2.35. The zero-order valence-electron chi connectivity index (χ0n) is 20.9. The highest BCUT2D eigenvalue weighted by molar-refractivity contribution is 7.18. The van der Waals surface area contributed by atoms with E-state index in [-0.39, 0.29) is 11.7 Å². The van der Waals surface area contributed by atoms with Crippen molar-refractivity contribution in [3.63, 3.8) is 0 Å². The first-order valence-corrected chi connectivity index (χ1v) is 13.2. The molecule has 1 fully saturated rings. The molecule has 1 aromatic heterocycles. The molecule has 0 bridgehead atoms. The standard InChI is InChI=1S/C30H29N3O3S/c1-19-8-10-22(29(35)31-23-13-14-23)18-25(19)32-30-33-27(21-11-15-24(36-2)16-12-21)28(37-30)26(34)17-9-20-6-4-3-5-7-20/h3-8,10-12,15-16,18,23H,9,13-14,17H2,1-2H3,(H,31,35)(H,32,33). The number of thiazole rings is 1. The molecule has 1 saturated carbocycles. The van der Waals surface area contributed by atoms with Gasteiger partial charge < -0.3 is 15.4 Å². The Kier molecular flexibility index (Phi) is 7.32. The Bertz CT molecular complexity index is 1410. The van der Waals surface area contributed by atoms with E-state index >= 15 is 0 Å². The molecule has 0 spiro atoms. The Hall–Kier alpha value is -3.97. The molecule has 188 valence electrons. The van der Waals surface area contributed by atoms with Crippen molar-refractivity contribution in [3.8, 4) is 17.0 Å². The molecule has 0 radical (unpaired) electrons. The first kappa shape index (κ1) is 24.7. The maximum atomic E-state index is 13.4. The molecule has 1 aliphatic rings. The van der Waals surface area contributed by atoms with Crippen LogP contribution in [0, 0.1) is 6.92 Å². The van der Waals surface area contributed by atoms with Crippen LogP contribution in [-0.2, 0) is 6.42 Å². The number of rotatable bonds is 10. The van der Waals surface area contributed by atoms with Crippen LogP contribution in [0.5, 0.6) is 5.75 Å². The summed E-state index contributed by atoms with van der Waals surface area (Å²) < 4.78 is 5.30. The maximum absolute atomic E-state index is 13.4. The van der Waals surface area contributed by atoms with Gasteiger partial charge in [-0.15, -0.1) is 0 Å². The molecule has 6 nitrogen and oxygen atoms in total. The van der Waals surface area contributed by atoms with Crippen molar-refractivity contribution >= 4 is 33.8 Å². The highest BCUT2D eigenvalue weighted by atomic mass is 32.1. The molecule has 0 aliphatic heterocycles. The normalized spacial score (nSPS) is 12.7. The van der Waals surface area contributed by atoms with E-state index in [0.29, 0.717) is 40.1 Å². The lowest BCUT2D eigenvalue weighted by Gasteiger charge is -2.10. The van der Waals surface area contributed by atoms with Crippen LogP contribution < -0.4 is 15.4 Å². The fourth-order valence-electron chi connectivity index (χ4n) is 4.03. The van der Waals surface area contributed by atoms with E-state index in [1.54, 1.807) is 7.11 Å². The summed E-state index contributed by atoms with van der Waals surface area (Å²) in [6, 6.07) is 23.5. The molecule has 37 heavy (non-hydrogen) atoms. The van der Waals surface area contributed by atoms with Gasteiger partial charge in [-0.3, -0.25) is 9.59 Å². The molecule has 4 aromatic rings. The summed E-state index contributed by atoms with van der Waals surface area (Å²) in [5.41, 5.74) is 5.01. The van der Waals surface area contributed by atoms with Crippen LogP contribution in [0.15, 0.2) is 72.8 Å². The zero-order chi connectivity index (χ0) is 25.8. The van der Waals surface area contributed by atoms with E-state index in [1.165, 1.54) is 11.3 Å². The van der Waals surface area contributed by atoms with Gasteiger partial charge in [-0.1, -0.05) is 47.7 Å². The Labute approximate surface area is 220 Å². The molecule has 5 rings (SSSR count). The number of ether oxygens (including phenoxy) is 1. The van der Waals surface area contributed by atoms with Crippen LogP contribution in [0.25, 0.3) is 11.3 Å². The van der Waals surface area contributed by atoms with Crippen molar-refractivity contribution in [2.75, 3.05) is 12.4 Å². The number of carbonyl (C=O) groups is 2. The number of nitrogens with zero attached hydrogens (tertiary/aromatic N) is 1. The molecule has 2 N–H and O–H groups in total. The lowest BCUT2D eigenvalue weighted by Crippen LogP contribution is -2.25. The molecule has 1 amide bonds. The SMILES string of the molecule is COc1ccc(-c2nc(Nc3cc(C(=O)NC4CC4)ccc3C)sc2C(=O)CCc2ccccc2)cc1. The van der Waals surface area contributed by atoms with Crippen LogP contribution in [0.3, 0.4) is 0 Å². The fraction of sp³-hybridized carbons (Fsp3) is 0.233. The molecular weight excluding hydrogens is 482 g/mol. The number of hydrogen-bond acceptors (Lipinski definition) is 6. The first-order valence-electron chi connectivity index (χ1n) is 12.4. The summed E-state index contributed by atoms with van der Waals surface area (Å²) in [7, 11) is 1.62. The van der Waals surface area contributed by atoms with E-state index in [4.69, 9.17) is 9.72 Å². The van der Waals surface area contributed by atoms with Crippen molar-refractivity contribution < 1.29 is 14.3 Å². The van der Waals surface area contributed by atoms with Crippen LogP contribution >= 0.6 is 11.3 Å². The molecular formula is C30H29N3O3S. The number of anilines is 2. The van der Waals surface area contributed by atoms with Gasteiger partial charge in [-0.2, -0.15) is 0 Å². The van der Waals surface area contributed by atoms with Gasteiger partial charge >= 0.3 is 0 Å². The van der Waals surface area contributed by atoms with Crippen molar-refractivity contribution in [2.24, 2.45) is 0 Å². The minimum absolute atomic E-state index is 0.0505. The van der Waals surface area contributed by atoms with Crippen LogP contribution in [0.1, 0.15) is 50.4 Å². The van der Waals surface area contributed by atoms with E-state index in [0.717, 1.165) is 41.0 Å². The lowest BCUT2D eigenvalue weighted by molar-refractivity contribution is 0.0949. The number of hydrogen-bond donors (Lipinski definition) is 2.